The molecule has 0 amide bonds. The SMILES string of the molecule is O=S(=O)(NCCC[C@@H]1CCC[C@@H]1O)c1c(F)cccc1Cl. The fourth-order valence-electron chi connectivity index (χ4n) is 2.74. The van der Waals surface area contributed by atoms with E-state index in [1.54, 1.807) is 0 Å². The Morgan fingerprint density at radius 2 is 2.14 bits per heavy atom. The van der Waals surface area contributed by atoms with Gasteiger partial charge in [0, 0.05) is 6.54 Å². The summed E-state index contributed by atoms with van der Waals surface area (Å²) in [5, 5.41) is 9.56. The van der Waals surface area contributed by atoms with Crippen LogP contribution in [0.4, 0.5) is 4.39 Å². The van der Waals surface area contributed by atoms with Crippen LogP contribution in [-0.2, 0) is 10.0 Å². The molecule has 0 radical (unpaired) electrons. The molecule has 2 rings (SSSR count). The predicted octanol–water partition coefficient (Wildman–Crippen LogP) is 2.70. The summed E-state index contributed by atoms with van der Waals surface area (Å²) in [5.41, 5.74) is 0. The molecule has 0 spiro atoms. The Hall–Kier alpha value is -0.690. The van der Waals surface area contributed by atoms with Gasteiger partial charge < -0.3 is 5.11 Å². The molecule has 1 saturated carbocycles. The molecule has 1 aliphatic carbocycles. The lowest BCUT2D eigenvalue weighted by Crippen LogP contribution is -2.26. The maximum absolute atomic E-state index is 13.6. The molecule has 7 heteroatoms. The summed E-state index contributed by atoms with van der Waals surface area (Å²) in [6.45, 7) is 0.205. The van der Waals surface area contributed by atoms with E-state index < -0.39 is 20.7 Å². The molecule has 1 aliphatic rings. The van der Waals surface area contributed by atoms with Gasteiger partial charge in [0.15, 0.2) is 0 Å². The minimum absolute atomic E-state index is 0.131. The topological polar surface area (TPSA) is 66.4 Å². The van der Waals surface area contributed by atoms with Crippen molar-refractivity contribution < 1.29 is 17.9 Å². The van der Waals surface area contributed by atoms with Gasteiger partial charge in [-0.15, -0.1) is 0 Å². The van der Waals surface area contributed by atoms with Crippen molar-refractivity contribution in [3.05, 3.63) is 29.0 Å². The second-order valence-electron chi connectivity index (χ2n) is 5.35. The summed E-state index contributed by atoms with van der Waals surface area (Å²) in [5.74, 6) is -0.618. The van der Waals surface area contributed by atoms with Gasteiger partial charge in [-0.05, 0) is 43.7 Å². The van der Waals surface area contributed by atoms with E-state index in [0.717, 1.165) is 31.7 Å². The lowest BCUT2D eigenvalue weighted by Gasteiger charge is -2.14. The lowest BCUT2D eigenvalue weighted by molar-refractivity contribution is 0.127. The number of hydrogen-bond acceptors (Lipinski definition) is 3. The number of nitrogens with one attached hydrogen (secondary N) is 1. The van der Waals surface area contributed by atoms with E-state index >= 15 is 0 Å². The highest BCUT2D eigenvalue weighted by atomic mass is 35.5. The zero-order chi connectivity index (χ0) is 15.5. The number of aliphatic hydroxyl groups excluding tert-OH is 1. The highest BCUT2D eigenvalue weighted by molar-refractivity contribution is 7.89. The maximum atomic E-state index is 13.6. The van der Waals surface area contributed by atoms with Crippen LogP contribution >= 0.6 is 11.6 Å². The van der Waals surface area contributed by atoms with Crippen LogP contribution in [0.1, 0.15) is 32.1 Å². The third kappa shape index (κ3) is 4.16. The summed E-state index contributed by atoms with van der Waals surface area (Å²) in [4.78, 5) is -0.507. The molecular weight excluding hydrogens is 317 g/mol. The van der Waals surface area contributed by atoms with E-state index in [2.05, 4.69) is 4.72 Å². The number of hydrogen-bond donors (Lipinski definition) is 2. The van der Waals surface area contributed by atoms with Crippen molar-refractivity contribution in [3.63, 3.8) is 0 Å². The average Bonchev–Trinajstić information content (AvgIpc) is 2.80. The number of aliphatic hydroxyl groups is 1. The Balaban J connectivity index is 1.90. The van der Waals surface area contributed by atoms with E-state index in [1.165, 1.54) is 12.1 Å². The van der Waals surface area contributed by atoms with Gasteiger partial charge in [0.05, 0.1) is 11.1 Å². The van der Waals surface area contributed by atoms with Crippen LogP contribution in [-0.4, -0.2) is 26.2 Å². The molecule has 2 N–H and O–H groups in total. The Labute approximate surface area is 129 Å². The number of sulfonamides is 1. The summed E-state index contributed by atoms with van der Waals surface area (Å²) in [7, 11) is -3.95. The van der Waals surface area contributed by atoms with Crippen LogP contribution in [0.3, 0.4) is 0 Å². The molecule has 21 heavy (non-hydrogen) atoms. The third-order valence-corrected chi connectivity index (χ3v) is 5.81. The van der Waals surface area contributed by atoms with Gasteiger partial charge in [-0.25, -0.2) is 17.5 Å². The van der Waals surface area contributed by atoms with Crippen LogP contribution in [0.15, 0.2) is 23.1 Å². The van der Waals surface area contributed by atoms with E-state index in [4.69, 9.17) is 11.6 Å². The van der Waals surface area contributed by atoms with Crippen LogP contribution in [0.5, 0.6) is 0 Å². The van der Waals surface area contributed by atoms with Crippen molar-refractivity contribution in [2.75, 3.05) is 6.54 Å². The van der Waals surface area contributed by atoms with Gasteiger partial charge in [-0.3, -0.25) is 0 Å². The van der Waals surface area contributed by atoms with Gasteiger partial charge in [-0.2, -0.15) is 0 Å². The fourth-order valence-corrected chi connectivity index (χ4v) is 4.41. The molecular formula is C14H19ClFNO3S. The zero-order valence-electron chi connectivity index (χ0n) is 11.6. The van der Waals surface area contributed by atoms with E-state index in [1.807, 2.05) is 0 Å². The fraction of sp³-hybridized carbons (Fsp3) is 0.571. The molecule has 0 aliphatic heterocycles. The first-order valence-electron chi connectivity index (χ1n) is 7.03. The first kappa shape index (κ1) is 16.7. The third-order valence-electron chi connectivity index (χ3n) is 3.85. The van der Waals surface area contributed by atoms with E-state index in [9.17, 15) is 17.9 Å². The van der Waals surface area contributed by atoms with Crippen LogP contribution in [0.2, 0.25) is 5.02 Å². The van der Waals surface area contributed by atoms with Crippen LogP contribution in [0.25, 0.3) is 0 Å². The van der Waals surface area contributed by atoms with Crippen molar-refractivity contribution >= 4 is 21.6 Å². The molecule has 1 aromatic carbocycles. The molecule has 2 atom stereocenters. The Morgan fingerprint density at radius 1 is 1.38 bits per heavy atom. The lowest BCUT2D eigenvalue weighted by atomic mass is 10.00. The standard InChI is InChI=1S/C14H19ClFNO3S/c15-11-6-2-7-12(16)14(11)21(19,20)17-9-3-5-10-4-1-8-13(10)18/h2,6-7,10,13,17-18H,1,3-5,8-9H2/t10-,13-/m0/s1. The highest BCUT2D eigenvalue weighted by Gasteiger charge is 2.25. The zero-order valence-corrected chi connectivity index (χ0v) is 13.1. The molecule has 0 aromatic heterocycles. The largest absolute Gasteiger partial charge is 0.393 e. The van der Waals surface area contributed by atoms with Crippen molar-refractivity contribution in [1.82, 2.24) is 4.72 Å². The van der Waals surface area contributed by atoms with Gasteiger partial charge in [0.1, 0.15) is 10.7 Å². The first-order chi connectivity index (χ1) is 9.92. The average molecular weight is 336 g/mol. The summed E-state index contributed by atoms with van der Waals surface area (Å²) >= 11 is 5.76. The monoisotopic (exact) mass is 335 g/mol. The molecule has 0 heterocycles. The molecule has 0 saturated heterocycles. The van der Waals surface area contributed by atoms with Crippen LogP contribution in [0, 0.1) is 11.7 Å². The second kappa shape index (κ2) is 7.05. The Morgan fingerprint density at radius 3 is 2.76 bits per heavy atom. The number of benzene rings is 1. The van der Waals surface area contributed by atoms with Crippen molar-refractivity contribution in [3.8, 4) is 0 Å². The Bertz CT molecular complexity index is 574. The normalized spacial score (nSPS) is 22.6. The van der Waals surface area contributed by atoms with Gasteiger partial charge in [-0.1, -0.05) is 24.1 Å². The smallest absolute Gasteiger partial charge is 0.244 e. The van der Waals surface area contributed by atoms with Gasteiger partial charge in [0.25, 0.3) is 0 Å². The molecule has 4 nitrogen and oxygen atoms in total. The predicted molar refractivity (Wildman–Crippen MR) is 79.2 cm³/mol. The van der Waals surface area contributed by atoms with Crippen molar-refractivity contribution in [1.29, 1.82) is 0 Å². The molecule has 1 aromatic rings. The van der Waals surface area contributed by atoms with Gasteiger partial charge >= 0.3 is 0 Å². The highest BCUT2D eigenvalue weighted by Crippen LogP contribution is 2.29. The summed E-state index contributed by atoms with van der Waals surface area (Å²) in [6, 6.07) is 3.77. The maximum Gasteiger partial charge on any atom is 0.244 e. The summed E-state index contributed by atoms with van der Waals surface area (Å²) in [6.07, 6.45) is 3.90. The minimum Gasteiger partial charge on any atom is -0.393 e. The van der Waals surface area contributed by atoms with Crippen molar-refractivity contribution in [2.24, 2.45) is 5.92 Å². The first-order valence-corrected chi connectivity index (χ1v) is 8.89. The van der Waals surface area contributed by atoms with Gasteiger partial charge in [0.2, 0.25) is 10.0 Å². The minimum atomic E-state index is -3.95. The van der Waals surface area contributed by atoms with Crippen molar-refractivity contribution in [2.45, 2.75) is 43.1 Å². The molecule has 118 valence electrons. The van der Waals surface area contributed by atoms with Crippen LogP contribution < -0.4 is 4.72 Å². The van der Waals surface area contributed by atoms with E-state index in [-0.39, 0.29) is 23.6 Å². The number of rotatable bonds is 6. The Kier molecular flexibility index (Phi) is 5.60. The summed E-state index contributed by atoms with van der Waals surface area (Å²) < 4.78 is 40.1. The quantitative estimate of drug-likeness (QED) is 0.785. The molecule has 1 fully saturated rings. The molecule has 0 unspecified atom stereocenters. The molecule has 0 bridgehead atoms. The second-order valence-corrected chi connectivity index (χ2v) is 7.46. The van der Waals surface area contributed by atoms with E-state index in [0.29, 0.717) is 6.42 Å². The number of halogens is 2.